The van der Waals surface area contributed by atoms with Gasteiger partial charge in [0.1, 0.15) is 0 Å². The van der Waals surface area contributed by atoms with Gasteiger partial charge < -0.3 is 0 Å². The first-order chi connectivity index (χ1) is 6.15. The van der Waals surface area contributed by atoms with Crippen LogP contribution in [-0.2, 0) is 6.42 Å². The van der Waals surface area contributed by atoms with Gasteiger partial charge in [-0.15, -0.1) is 0 Å². The monoisotopic (exact) mass is 193 g/mol. The fourth-order valence-electron chi connectivity index (χ4n) is 1.44. The standard InChI is InChI=1S/C11H12ClN/c1-8-6-9(2)10(4-3-5-13)11(12)7-8/h6-7H,3-4H2,1-2H3. The SMILES string of the molecule is Cc1cc(C)c(CCC#N)c(Cl)c1. The van der Waals surface area contributed by atoms with Crippen molar-refractivity contribution in [1.29, 1.82) is 5.26 Å². The zero-order chi connectivity index (χ0) is 9.84. The molecule has 0 unspecified atom stereocenters. The first-order valence-electron chi connectivity index (χ1n) is 4.27. The summed E-state index contributed by atoms with van der Waals surface area (Å²) in [6, 6.07) is 6.17. The van der Waals surface area contributed by atoms with E-state index in [9.17, 15) is 0 Å². The van der Waals surface area contributed by atoms with Gasteiger partial charge in [-0.1, -0.05) is 17.7 Å². The number of rotatable bonds is 2. The Balaban J connectivity index is 3.00. The predicted octanol–water partition coefficient (Wildman–Crippen LogP) is 3.41. The maximum Gasteiger partial charge on any atom is 0.0625 e. The molecule has 0 aromatic heterocycles. The van der Waals surface area contributed by atoms with Crippen molar-refractivity contribution in [1.82, 2.24) is 0 Å². The van der Waals surface area contributed by atoms with Crippen molar-refractivity contribution in [3.8, 4) is 6.07 Å². The van der Waals surface area contributed by atoms with Crippen LogP contribution >= 0.6 is 11.6 Å². The van der Waals surface area contributed by atoms with Crippen molar-refractivity contribution < 1.29 is 0 Å². The van der Waals surface area contributed by atoms with Crippen molar-refractivity contribution in [3.05, 3.63) is 33.8 Å². The quantitative estimate of drug-likeness (QED) is 0.706. The van der Waals surface area contributed by atoms with E-state index in [1.54, 1.807) is 0 Å². The Hall–Kier alpha value is -1.00. The zero-order valence-electron chi connectivity index (χ0n) is 7.89. The lowest BCUT2D eigenvalue weighted by molar-refractivity contribution is 0.994. The first-order valence-corrected chi connectivity index (χ1v) is 4.65. The molecule has 1 aromatic carbocycles. The van der Waals surface area contributed by atoms with Gasteiger partial charge in [0.25, 0.3) is 0 Å². The smallest absolute Gasteiger partial charge is 0.0625 e. The molecule has 0 spiro atoms. The molecule has 0 heterocycles. The molecule has 1 rings (SSSR count). The summed E-state index contributed by atoms with van der Waals surface area (Å²) in [5.74, 6) is 0. The average molecular weight is 194 g/mol. The second kappa shape index (κ2) is 4.30. The largest absolute Gasteiger partial charge is 0.198 e. The minimum atomic E-state index is 0.531. The second-order valence-electron chi connectivity index (χ2n) is 3.20. The fraction of sp³-hybridized carbons (Fsp3) is 0.364. The van der Waals surface area contributed by atoms with E-state index < -0.39 is 0 Å². The number of nitriles is 1. The molecule has 0 bridgehead atoms. The summed E-state index contributed by atoms with van der Waals surface area (Å²) in [5.41, 5.74) is 3.46. The molecule has 2 heteroatoms. The Labute approximate surface area is 84.0 Å². The highest BCUT2D eigenvalue weighted by atomic mass is 35.5. The Kier molecular flexibility index (Phi) is 3.33. The van der Waals surface area contributed by atoms with Crippen LogP contribution in [-0.4, -0.2) is 0 Å². The van der Waals surface area contributed by atoms with Crippen molar-refractivity contribution in [2.45, 2.75) is 26.7 Å². The summed E-state index contributed by atoms with van der Waals surface area (Å²) in [7, 11) is 0. The summed E-state index contributed by atoms with van der Waals surface area (Å²) >= 11 is 6.06. The third kappa shape index (κ3) is 2.47. The highest BCUT2D eigenvalue weighted by Gasteiger charge is 2.04. The van der Waals surface area contributed by atoms with Crippen LogP contribution in [0.5, 0.6) is 0 Å². The molecule has 0 aliphatic rings. The minimum absolute atomic E-state index is 0.531. The summed E-state index contributed by atoms with van der Waals surface area (Å²) in [4.78, 5) is 0. The van der Waals surface area contributed by atoms with Gasteiger partial charge in [-0.25, -0.2) is 0 Å². The van der Waals surface area contributed by atoms with Gasteiger partial charge in [-0.2, -0.15) is 5.26 Å². The van der Waals surface area contributed by atoms with E-state index in [0.29, 0.717) is 6.42 Å². The first kappa shape index (κ1) is 10.1. The van der Waals surface area contributed by atoms with Gasteiger partial charge in [0.15, 0.2) is 0 Å². The predicted molar refractivity (Wildman–Crippen MR) is 54.9 cm³/mol. The molecule has 13 heavy (non-hydrogen) atoms. The van der Waals surface area contributed by atoms with Crippen molar-refractivity contribution >= 4 is 11.6 Å². The Morgan fingerprint density at radius 2 is 2.08 bits per heavy atom. The minimum Gasteiger partial charge on any atom is -0.198 e. The molecular formula is C11H12ClN. The highest BCUT2D eigenvalue weighted by molar-refractivity contribution is 6.31. The second-order valence-corrected chi connectivity index (χ2v) is 3.61. The van der Waals surface area contributed by atoms with Crippen LogP contribution in [0.25, 0.3) is 0 Å². The number of hydrogen-bond acceptors (Lipinski definition) is 1. The summed E-state index contributed by atoms with van der Waals surface area (Å²) in [5, 5.41) is 9.26. The lowest BCUT2D eigenvalue weighted by Crippen LogP contribution is -1.91. The Bertz CT molecular complexity index is 327. The third-order valence-electron chi connectivity index (χ3n) is 2.05. The molecule has 1 aromatic rings. The lowest BCUT2D eigenvalue weighted by Gasteiger charge is -2.07. The summed E-state index contributed by atoms with van der Waals surface area (Å²) < 4.78 is 0. The van der Waals surface area contributed by atoms with E-state index in [0.717, 1.165) is 17.0 Å². The number of aryl methyl sites for hydroxylation is 2. The van der Waals surface area contributed by atoms with Gasteiger partial charge in [0.2, 0.25) is 0 Å². The van der Waals surface area contributed by atoms with Crippen LogP contribution in [0.2, 0.25) is 5.02 Å². The van der Waals surface area contributed by atoms with Crippen molar-refractivity contribution in [2.24, 2.45) is 0 Å². The summed E-state index contributed by atoms with van der Waals surface area (Å²) in [6.45, 7) is 4.05. The van der Waals surface area contributed by atoms with Gasteiger partial charge >= 0.3 is 0 Å². The summed E-state index contributed by atoms with van der Waals surface area (Å²) in [6.07, 6.45) is 1.28. The molecule has 68 valence electrons. The van der Waals surface area contributed by atoms with Crippen LogP contribution in [0.15, 0.2) is 12.1 Å². The molecular weight excluding hydrogens is 182 g/mol. The highest BCUT2D eigenvalue weighted by Crippen LogP contribution is 2.22. The Morgan fingerprint density at radius 3 is 2.62 bits per heavy atom. The van der Waals surface area contributed by atoms with E-state index in [4.69, 9.17) is 16.9 Å². The van der Waals surface area contributed by atoms with Crippen LogP contribution in [0.1, 0.15) is 23.1 Å². The van der Waals surface area contributed by atoms with E-state index in [2.05, 4.69) is 12.1 Å². The van der Waals surface area contributed by atoms with E-state index in [1.807, 2.05) is 19.9 Å². The van der Waals surface area contributed by atoms with Crippen LogP contribution in [0, 0.1) is 25.2 Å². The van der Waals surface area contributed by atoms with E-state index in [-0.39, 0.29) is 0 Å². The molecule has 0 amide bonds. The van der Waals surface area contributed by atoms with Gasteiger partial charge in [0.05, 0.1) is 6.07 Å². The van der Waals surface area contributed by atoms with E-state index >= 15 is 0 Å². The lowest BCUT2D eigenvalue weighted by atomic mass is 10.0. The van der Waals surface area contributed by atoms with Gasteiger partial charge in [-0.3, -0.25) is 0 Å². The maximum atomic E-state index is 8.47. The van der Waals surface area contributed by atoms with Gasteiger partial charge in [0, 0.05) is 11.4 Å². The van der Waals surface area contributed by atoms with Gasteiger partial charge in [-0.05, 0) is 43.0 Å². The molecule has 0 fully saturated rings. The number of halogens is 1. The fourth-order valence-corrected chi connectivity index (χ4v) is 1.86. The Morgan fingerprint density at radius 1 is 1.38 bits per heavy atom. The van der Waals surface area contributed by atoms with E-state index in [1.165, 1.54) is 11.1 Å². The normalized spacial score (nSPS) is 9.69. The topological polar surface area (TPSA) is 23.8 Å². The molecule has 0 saturated carbocycles. The van der Waals surface area contributed by atoms with Crippen molar-refractivity contribution in [3.63, 3.8) is 0 Å². The molecule has 0 aliphatic heterocycles. The molecule has 0 saturated heterocycles. The molecule has 0 aliphatic carbocycles. The molecule has 0 atom stereocenters. The molecule has 1 nitrogen and oxygen atoms in total. The number of nitrogens with zero attached hydrogens (tertiary/aromatic N) is 1. The molecule has 0 N–H and O–H groups in total. The van der Waals surface area contributed by atoms with Crippen LogP contribution < -0.4 is 0 Å². The number of benzene rings is 1. The van der Waals surface area contributed by atoms with Crippen molar-refractivity contribution in [2.75, 3.05) is 0 Å². The van der Waals surface area contributed by atoms with Crippen LogP contribution in [0.4, 0.5) is 0 Å². The van der Waals surface area contributed by atoms with Crippen LogP contribution in [0.3, 0.4) is 0 Å². The average Bonchev–Trinajstić information content (AvgIpc) is 2.02. The number of hydrogen-bond donors (Lipinski definition) is 0. The zero-order valence-corrected chi connectivity index (χ0v) is 8.65. The maximum absolute atomic E-state index is 8.47. The third-order valence-corrected chi connectivity index (χ3v) is 2.39. The molecule has 0 radical (unpaired) electrons.